The molecule has 1 atom stereocenters. The third kappa shape index (κ3) is 4.12. The fourth-order valence-corrected chi connectivity index (χ4v) is 0.598. The Hall–Kier alpha value is -0.780. The second kappa shape index (κ2) is 5.80. The van der Waals surface area contributed by atoms with Gasteiger partial charge >= 0.3 is 12.1 Å². The van der Waals surface area contributed by atoms with Crippen molar-refractivity contribution in [2.24, 2.45) is 0 Å². The summed E-state index contributed by atoms with van der Waals surface area (Å²) in [6.07, 6.45) is -0.691. The summed E-state index contributed by atoms with van der Waals surface area (Å²) >= 11 is 3.02. The van der Waals surface area contributed by atoms with Gasteiger partial charge in [-0.1, -0.05) is 15.9 Å². The van der Waals surface area contributed by atoms with Crippen molar-refractivity contribution in [1.82, 2.24) is 5.06 Å². The molecule has 0 aliphatic rings. The number of rotatable bonds is 2. The van der Waals surface area contributed by atoms with Crippen LogP contribution in [-0.2, 0) is 14.4 Å². The Balaban J connectivity index is 4.13. The van der Waals surface area contributed by atoms with Crippen molar-refractivity contribution in [3.63, 3.8) is 0 Å². The van der Waals surface area contributed by atoms with Crippen LogP contribution in [0.15, 0.2) is 0 Å². The van der Waals surface area contributed by atoms with E-state index in [4.69, 9.17) is 0 Å². The molecule has 13 heavy (non-hydrogen) atoms. The molecular formula is C7H12BrNO4. The first-order chi connectivity index (χ1) is 6.02. The number of hydrogen-bond donors (Lipinski definition) is 0. The molecule has 5 nitrogen and oxygen atoms in total. The quantitative estimate of drug-likeness (QED) is 0.550. The molecule has 0 aliphatic heterocycles. The molecule has 76 valence electrons. The van der Waals surface area contributed by atoms with E-state index in [2.05, 4.69) is 25.5 Å². The van der Waals surface area contributed by atoms with Crippen LogP contribution in [0.3, 0.4) is 0 Å². The number of ether oxygens (including phenoxy) is 1. The van der Waals surface area contributed by atoms with Crippen LogP contribution in [0.1, 0.15) is 13.8 Å². The van der Waals surface area contributed by atoms with E-state index in [9.17, 15) is 9.59 Å². The first kappa shape index (κ1) is 12.2. The number of carbonyl (C=O) groups is 2. The van der Waals surface area contributed by atoms with E-state index in [1.54, 1.807) is 13.8 Å². The monoisotopic (exact) mass is 253 g/mol. The van der Waals surface area contributed by atoms with Crippen molar-refractivity contribution < 1.29 is 19.2 Å². The van der Waals surface area contributed by atoms with E-state index in [0.717, 1.165) is 5.06 Å². The Morgan fingerprint density at radius 1 is 1.54 bits per heavy atom. The maximum Gasteiger partial charge on any atom is 0.443 e. The number of carbonyl (C=O) groups excluding carboxylic acids is 2. The van der Waals surface area contributed by atoms with Gasteiger partial charge in [-0.05, 0) is 13.8 Å². The van der Waals surface area contributed by atoms with Crippen LogP contribution in [0, 0.1) is 0 Å². The number of hydrogen-bond acceptors (Lipinski definition) is 4. The summed E-state index contributed by atoms with van der Waals surface area (Å²) in [4.78, 5) is 26.2. The summed E-state index contributed by atoms with van der Waals surface area (Å²) < 4.78 is 4.38. The number of hydroxylamine groups is 2. The van der Waals surface area contributed by atoms with Crippen LogP contribution in [0.2, 0.25) is 0 Å². The minimum atomic E-state index is -0.691. The molecule has 0 aliphatic carbocycles. The van der Waals surface area contributed by atoms with Gasteiger partial charge in [-0.2, -0.15) is 0 Å². The molecule has 0 rings (SSSR count). The molecule has 0 saturated heterocycles. The van der Waals surface area contributed by atoms with Gasteiger partial charge in [-0.15, -0.1) is 5.06 Å². The van der Waals surface area contributed by atoms with Gasteiger partial charge in [-0.25, -0.2) is 9.59 Å². The van der Waals surface area contributed by atoms with Crippen LogP contribution in [0.5, 0.6) is 0 Å². The predicted molar refractivity (Wildman–Crippen MR) is 49.3 cm³/mol. The Morgan fingerprint density at radius 3 is 2.38 bits per heavy atom. The first-order valence-corrected chi connectivity index (χ1v) is 4.65. The lowest BCUT2D eigenvalue weighted by Gasteiger charge is -2.18. The minimum Gasteiger partial charge on any atom is -0.451 e. The average Bonchev–Trinajstić information content (AvgIpc) is 2.12. The third-order valence-corrected chi connectivity index (χ3v) is 1.56. The highest BCUT2D eigenvalue weighted by Gasteiger charge is 2.19. The average molecular weight is 254 g/mol. The second-order valence-electron chi connectivity index (χ2n) is 2.19. The summed E-state index contributed by atoms with van der Waals surface area (Å²) in [5, 5.41) is 0.847. The third-order valence-electron chi connectivity index (χ3n) is 1.19. The fraction of sp³-hybridized carbons (Fsp3) is 0.714. The molecule has 0 spiro atoms. The van der Waals surface area contributed by atoms with Gasteiger partial charge < -0.3 is 9.57 Å². The van der Waals surface area contributed by atoms with Gasteiger partial charge in [-0.3, -0.25) is 0 Å². The van der Waals surface area contributed by atoms with Crippen molar-refractivity contribution in [2.75, 3.05) is 13.7 Å². The molecule has 0 saturated carbocycles. The summed E-state index contributed by atoms with van der Waals surface area (Å²) in [6.45, 7) is 3.52. The Morgan fingerprint density at radius 2 is 2.08 bits per heavy atom. The fourth-order valence-electron chi connectivity index (χ4n) is 0.514. The molecular weight excluding hydrogens is 242 g/mol. The lowest BCUT2D eigenvalue weighted by molar-refractivity contribution is -0.179. The van der Waals surface area contributed by atoms with E-state index in [-0.39, 0.29) is 6.54 Å². The van der Waals surface area contributed by atoms with Crippen molar-refractivity contribution >= 4 is 28.0 Å². The predicted octanol–water partition coefficient (Wildman–Crippen LogP) is 1.32. The van der Waals surface area contributed by atoms with E-state index in [1.165, 1.54) is 7.11 Å². The zero-order valence-corrected chi connectivity index (χ0v) is 9.33. The van der Waals surface area contributed by atoms with E-state index < -0.39 is 16.9 Å². The smallest absolute Gasteiger partial charge is 0.443 e. The van der Waals surface area contributed by atoms with Crippen molar-refractivity contribution in [3.05, 3.63) is 0 Å². The SMILES string of the molecule is CCN(OC(=O)C(C)Br)C(=O)OC. The topological polar surface area (TPSA) is 55.8 Å². The number of alkyl halides is 1. The number of methoxy groups -OCH3 is 1. The van der Waals surface area contributed by atoms with Gasteiger partial charge in [0, 0.05) is 0 Å². The van der Waals surface area contributed by atoms with Crippen molar-refractivity contribution in [3.8, 4) is 0 Å². The molecule has 0 aromatic rings. The lowest BCUT2D eigenvalue weighted by Crippen LogP contribution is -2.35. The molecule has 0 fully saturated rings. The molecule has 1 unspecified atom stereocenters. The van der Waals surface area contributed by atoms with Gasteiger partial charge in [0.1, 0.15) is 4.83 Å². The number of amides is 1. The highest BCUT2D eigenvalue weighted by molar-refractivity contribution is 9.10. The zero-order chi connectivity index (χ0) is 10.4. The van der Waals surface area contributed by atoms with Crippen LogP contribution >= 0.6 is 15.9 Å². The largest absolute Gasteiger partial charge is 0.451 e. The van der Waals surface area contributed by atoms with E-state index in [1.807, 2.05) is 0 Å². The van der Waals surface area contributed by atoms with Crippen LogP contribution in [0.4, 0.5) is 4.79 Å². The van der Waals surface area contributed by atoms with Gasteiger partial charge in [0.2, 0.25) is 0 Å². The highest BCUT2D eigenvalue weighted by Crippen LogP contribution is 2.03. The summed E-state index contributed by atoms with van der Waals surface area (Å²) in [6, 6.07) is 0. The van der Waals surface area contributed by atoms with E-state index in [0.29, 0.717) is 0 Å². The van der Waals surface area contributed by atoms with Gasteiger partial charge in [0.25, 0.3) is 0 Å². The summed E-state index contributed by atoms with van der Waals surface area (Å²) in [5.74, 6) is -0.535. The van der Waals surface area contributed by atoms with E-state index >= 15 is 0 Å². The number of nitrogens with zero attached hydrogens (tertiary/aromatic N) is 1. The normalized spacial score (nSPS) is 11.7. The zero-order valence-electron chi connectivity index (χ0n) is 7.74. The Kier molecular flexibility index (Phi) is 5.45. The van der Waals surface area contributed by atoms with Crippen LogP contribution in [-0.4, -0.2) is 35.6 Å². The van der Waals surface area contributed by atoms with Gasteiger partial charge in [0.05, 0.1) is 13.7 Å². The Bertz CT molecular complexity index is 195. The minimum absolute atomic E-state index is 0.248. The summed E-state index contributed by atoms with van der Waals surface area (Å²) in [7, 11) is 1.22. The van der Waals surface area contributed by atoms with Crippen LogP contribution in [0.25, 0.3) is 0 Å². The van der Waals surface area contributed by atoms with Crippen molar-refractivity contribution in [1.29, 1.82) is 0 Å². The maximum absolute atomic E-state index is 11.0. The Labute approximate surface area is 85.1 Å². The molecule has 6 heteroatoms. The van der Waals surface area contributed by atoms with Crippen LogP contribution < -0.4 is 0 Å². The number of halogens is 1. The maximum atomic E-state index is 11.0. The standard InChI is InChI=1S/C7H12BrNO4/c1-4-9(7(11)12-3)13-6(10)5(2)8/h5H,4H2,1-3H3. The summed E-state index contributed by atoms with van der Waals surface area (Å²) in [5.41, 5.74) is 0. The first-order valence-electron chi connectivity index (χ1n) is 3.74. The van der Waals surface area contributed by atoms with Crippen molar-refractivity contribution in [2.45, 2.75) is 18.7 Å². The molecule has 0 aromatic carbocycles. The van der Waals surface area contributed by atoms with Gasteiger partial charge in [0.15, 0.2) is 0 Å². The molecule has 0 bridgehead atoms. The molecule has 0 aromatic heterocycles. The molecule has 0 heterocycles. The second-order valence-corrected chi connectivity index (χ2v) is 3.56. The molecule has 1 amide bonds. The lowest BCUT2D eigenvalue weighted by atomic mass is 10.5. The highest BCUT2D eigenvalue weighted by atomic mass is 79.9. The molecule has 0 N–H and O–H groups in total. The molecule has 0 radical (unpaired) electrons.